The van der Waals surface area contributed by atoms with E-state index in [1.807, 2.05) is 13.0 Å². The van der Waals surface area contributed by atoms with Gasteiger partial charge in [0.25, 0.3) is 5.91 Å². The molecule has 0 aliphatic carbocycles. The molecule has 3 aromatic rings. The zero-order chi connectivity index (χ0) is 20.5. The summed E-state index contributed by atoms with van der Waals surface area (Å²) in [4.78, 5) is 28.0. The van der Waals surface area contributed by atoms with E-state index < -0.39 is 11.9 Å². The van der Waals surface area contributed by atoms with Crippen molar-refractivity contribution in [1.82, 2.24) is 10.4 Å². The molecule has 0 atom stereocenters. The highest BCUT2D eigenvalue weighted by Gasteiger charge is 2.05. The van der Waals surface area contributed by atoms with Crippen LogP contribution in [0.1, 0.15) is 34.3 Å². The summed E-state index contributed by atoms with van der Waals surface area (Å²) < 4.78 is 10.4. The second-order valence-corrected chi connectivity index (χ2v) is 5.95. The number of furan rings is 1. The molecular formula is C22H19N3O4. The normalized spacial score (nSPS) is 11.1. The highest BCUT2D eigenvalue weighted by atomic mass is 16.5. The van der Waals surface area contributed by atoms with Crippen molar-refractivity contribution in [3.8, 4) is 5.75 Å². The van der Waals surface area contributed by atoms with E-state index in [4.69, 9.17) is 9.15 Å². The molecular weight excluding hydrogens is 370 g/mol. The Bertz CT molecular complexity index is 1020. The quantitative estimate of drug-likeness (QED) is 0.219. The highest BCUT2D eigenvalue weighted by Crippen LogP contribution is 2.13. The summed E-state index contributed by atoms with van der Waals surface area (Å²) in [6.07, 6.45) is 8.28. The van der Waals surface area contributed by atoms with Crippen LogP contribution < -0.4 is 10.2 Å². The van der Waals surface area contributed by atoms with Gasteiger partial charge in [0.1, 0.15) is 17.2 Å². The molecule has 1 amide bonds. The van der Waals surface area contributed by atoms with E-state index in [1.54, 1.807) is 48.7 Å². The summed E-state index contributed by atoms with van der Waals surface area (Å²) in [7, 11) is 0. The largest absolute Gasteiger partial charge is 0.465 e. The number of carbonyl (C=O) groups is 2. The summed E-state index contributed by atoms with van der Waals surface area (Å²) in [6.45, 7) is 2.02. The van der Waals surface area contributed by atoms with Crippen molar-refractivity contribution in [2.45, 2.75) is 13.3 Å². The van der Waals surface area contributed by atoms with E-state index in [0.717, 1.165) is 12.0 Å². The minimum Gasteiger partial charge on any atom is -0.465 e. The van der Waals surface area contributed by atoms with Crippen LogP contribution >= 0.6 is 0 Å². The summed E-state index contributed by atoms with van der Waals surface area (Å²) >= 11 is 0. The maximum absolute atomic E-state index is 12.0. The van der Waals surface area contributed by atoms with Crippen LogP contribution in [-0.2, 0) is 11.2 Å². The van der Waals surface area contributed by atoms with Gasteiger partial charge in [0.2, 0.25) is 0 Å². The number of benzene rings is 1. The Hall–Kier alpha value is -4.00. The molecule has 3 rings (SSSR count). The number of hydrogen-bond donors (Lipinski definition) is 1. The molecule has 2 aromatic heterocycles. The number of pyridine rings is 1. The standard InChI is InChI=1S/C22H19N3O4/c1-2-16-8-10-20(23-14-16)22(27)25-24-15-17-5-3-6-19(13-17)29-21(26)11-9-18-7-4-12-28-18/h3-15H,2H2,1H3,(H,25,27)/b11-9+,24-15+. The summed E-state index contributed by atoms with van der Waals surface area (Å²) in [5, 5.41) is 3.92. The van der Waals surface area contributed by atoms with Crippen molar-refractivity contribution in [2.24, 2.45) is 5.10 Å². The van der Waals surface area contributed by atoms with Gasteiger partial charge in [-0.2, -0.15) is 5.10 Å². The number of ether oxygens (including phenoxy) is 1. The number of aromatic nitrogens is 1. The SMILES string of the molecule is CCc1ccc(C(=O)N/N=C/c2cccc(OC(=O)/C=C/c3ccco3)c2)nc1. The lowest BCUT2D eigenvalue weighted by molar-refractivity contribution is -0.128. The molecule has 0 unspecified atom stereocenters. The van der Waals surface area contributed by atoms with Gasteiger partial charge in [-0.05, 0) is 54.0 Å². The zero-order valence-corrected chi connectivity index (χ0v) is 15.7. The first kappa shape index (κ1) is 19.8. The number of carbonyl (C=O) groups excluding carboxylic acids is 2. The third-order valence-electron chi connectivity index (χ3n) is 3.85. The van der Waals surface area contributed by atoms with Gasteiger partial charge in [0.05, 0.1) is 12.5 Å². The molecule has 0 fully saturated rings. The first-order valence-electron chi connectivity index (χ1n) is 8.96. The molecule has 0 bridgehead atoms. The van der Waals surface area contributed by atoms with E-state index in [9.17, 15) is 9.59 Å². The zero-order valence-electron chi connectivity index (χ0n) is 15.7. The van der Waals surface area contributed by atoms with Gasteiger partial charge in [-0.25, -0.2) is 10.2 Å². The molecule has 0 spiro atoms. The van der Waals surface area contributed by atoms with E-state index in [0.29, 0.717) is 17.1 Å². The number of esters is 1. The maximum atomic E-state index is 12.0. The molecule has 2 heterocycles. The Morgan fingerprint density at radius 3 is 2.83 bits per heavy atom. The lowest BCUT2D eigenvalue weighted by atomic mass is 10.2. The topological polar surface area (TPSA) is 93.8 Å². The molecule has 0 radical (unpaired) electrons. The fourth-order valence-electron chi connectivity index (χ4n) is 2.34. The van der Waals surface area contributed by atoms with Crippen LogP contribution in [0.2, 0.25) is 0 Å². The van der Waals surface area contributed by atoms with E-state index in [-0.39, 0.29) is 5.69 Å². The fraction of sp³-hybridized carbons (Fsp3) is 0.0909. The number of amides is 1. The lowest BCUT2D eigenvalue weighted by Crippen LogP contribution is -2.18. The second kappa shape index (κ2) is 9.80. The maximum Gasteiger partial charge on any atom is 0.336 e. The molecule has 146 valence electrons. The number of hydrogen-bond acceptors (Lipinski definition) is 6. The molecule has 7 nitrogen and oxygen atoms in total. The molecule has 7 heteroatoms. The van der Waals surface area contributed by atoms with Crippen LogP contribution in [0.4, 0.5) is 0 Å². The third kappa shape index (κ3) is 6.00. The average Bonchev–Trinajstić information content (AvgIpc) is 3.26. The van der Waals surface area contributed by atoms with Crippen LogP contribution in [0.3, 0.4) is 0 Å². The molecule has 1 aromatic carbocycles. The Balaban J connectivity index is 1.55. The van der Waals surface area contributed by atoms with Gasteiger partial charge >= 0.3 is 5.97 Å². The van der Waals surface area contributed by atoms with Crippen LogP contribution in [-0.4, -0.2) is 23.1 Å². The van der Waals surface area contributed by atoms with Crippen molar-refractivity contribution < 1.29 is 18.7 Å². The van der Waals surface area contributed by atoms with E-state index in [2.05, 4.69) is 15.5 Å². The molecule has 0 saturated carbocycles. The molecule has 29 heavy (non-hydrogen) atoms. The van der Waals surface area contributed by atoms with Crippen LogP contribution in [0, 0.1) is 0 Å². The van der Waals surface area contributed by atoms with Gasteiger partial charge in [0.15, 0.2) is 0 Å². The van der Waals surface area contributed by atoms with Crippen molar-refractivity contribution in [1.29, 1.82) is 0 Å². The monoisotopic (exact) mass is 389 g/mol. The van der Waals surface area contributed by atoms with Gasteiger partial charge < -0.3 is 9.15 Å². The van der Waals surface area contributed by atoms with Crippen molar-refractivity contribution in [2.75, 3.05) is 0 Å². The van der Waals surface area contributed by atoms with E-state index >= 15 is 0 Å². The predicted molar refractivity (Wildman–Crippen MR) is 108 cm³/mol. The highest BCUT2D eigenvalue weighted by molar-refractivity contribution is 5.93. The number of hydrazone groups is 1. The molecule has 1 N–H and O–H groups in total. The second-order valence-electron chi connectivity index (χ2n) is 5.95. The molecule has 0 aliphatic rings. The Morgan fingerprint density at radius 1 is 1.21 bits per heavy atom. The van der Waals surface area contributed by atoms with Gasteiger partial charge in [0, 0.05) is 12.3 Å². The fourth-order valence-corrected chi connectivity index (χ4v) is 2.34. The first-order valence-corrected chi connectivity index (χ1v) is 8.96. The smallest absolute Gasteiger partial charge is 0.336 e. The summed E-state index contributed by atoms with van der Waals surface area (Å²) in [5.74, 6) is -0.0384. The molecule has 0 saturated heterocycles. The van der Waals surface area contributed by atoms with Crippen LogP contribution in [0.15, 0.2) is 76.6 Å². The minimum atomic E-state index is -0.537. The van der Waals surface area contributed by atoms with E-state index in [1.165, 1.54) is 24.6 Å². The minimum absolute atomic E-state index is 0.283. The van der Waals surface area contributed by atoms with Gasteiger partial charge in [-0.3, -0.25) is 9.78 Å². The number of nitrogens with one attached hydrogen (secondary N) is 1. The predicted octanol–water partition coefficient (Wildman–Crippen LogP) is 3.62. The summed E-state index contributed by atoms with van der Waals surface area (Å²) in [5.41, 5.74) is 4.41. The number of aryl methyl sites for hydroxylation is 1. The van der Waals surface area contributed by atoms with Gasteiger partial charge in [-0.15, -0.1) is 0 Å². The van der Waals surface area contributed by atoms with Gasteiger partial charge in [-0.1, -0.05) is 25.1 Å². The Morgan fingerprint density at radius 2 is 2.10 bits per heavy atom. The average molecular weight is 389 g/mol. The molecule has 0 aliphatic heterocycles. The van der Waals surface area contributed by atoms with Crippen LogP contribution in [0.5, 0.6) is 5.75 Å². The van der Waals surface area contributed by atoms with Crippen molar-refractivity contribution in [3.63, 3.8) is 0 Å². The lowest BCUT2D eigenvalue weighted by Gasteiger charge is -2.02. The van der Waals surface area contributed by atoms with Crippen LogP contribution in [0.25, 0.3) is 6.08 Å². The van der Waals surface area contributed by atoms with Crippen molar-refractivity contribution >= 4 is 24.2 Å². The number of rotatable bonds is 7. The third-order valence-corrected chi connectivity index (χ3v) is 3.85. The number of nitrogens with zero attached hydrogens (tertiary/aromatic N) is 2. The Kier molecular flexibility index (Phi) is 6.67. The first-order chi connectivity index (χ1) is 14.1. The summed E-state index contributed by atoms with van der Waals surface area (Å²) in [6, 6.07) is 13.7. The Labute approximate surface area is 167 Å². The van der Waals surface area contributed by atoms with Crippen molar-refractivity contribution in [3.05, 3.63) is 89.6 Å².